The Kier molecular flexibility index (Phi) is 21.3. The molecule has 0 saturated carbocycles. The van der Waals surface area contributed by atoms with Crippen LogP contribution < -0.4 is 0 Å². The van der Waals surface area contributed by atoms with Gasteiger partial charge in [0.25, 0.3) is 0 Å². The molecular weight excluding hydrogens is 588 g/mol. The van der Waals surface area contributed by atoms with Crippen LogP contribution in [0, 0.1) is 0 Å². The Labute approximate surface area is 231 Å². The first kappa shape index (κ1) is 33.3. The molecule has 0 aromatic rings. The lowest BCUT2D eigenvalue weighted by Crippen LogP contribution is -2.29. The predicted octanol–water partition coefficient (Wildman–Crippen LogP) is 7.32. The molecule has 6 unspecified atom stereocenters. The molecule has 0 N–H and O–H groups in total. The van der Waals surface area contributed by atoms with Crippen molar-refractivity contribution in [1.82, 2.24) is 0 Å². The largest absolute Gasteiger partial charge is 0.464 e. The van der Waals surface area contributed by atoms with E-state index in [4.69, 9.17) is 102 Å². The fourth-order valence-corrected chi connectivity index (χ4v) is 4.01. The molecule has 0 fully saturated rings. The third-order valence-electron chi connectivity index (χ3n) is 4.50. The molecule has 0 rings (SSSR count). The highest BCUT2D eigenvalue weighted by atomic mass is 35.5. The van der Waals surface area contributed by atoms with Crippen molar-refractivity contribution in [3.05, 3.63) is 0 Å². The molecule has 0 aliphatic rings. The highest BCUT2D eigenvalue weighted by Crippen LogP contribution is 2.21. The molecule has 4 nitrogen and oxygen atoms in total. The van der Waals surface area contributed by atoms with Crippen molar-refractivity contribution in [3.63, 3.8) is 0 Å². The standard InChI is InChI=1S/C20H30Cl8O4/c21-9-13(24)3-1-5-15(26)17(28)12-31-19(29)7-8-20(30)32-18(16(27)11-23)6-2-4-14(25)10-22/h13-18H,1-12H2. The van der Waals surface area contributed by atoms with Gasteiger partial charge in [0.15, 0.2) is 0 Å². The minimum Gasteiger partial charge on any atom is -0.464 e. The number of alkyl halides is 8. The molecular formula is C20H30Cl8O4. The number of rotatable bonds is 19. The fraction of sp³-hybridized carbons (Fsp3) is 0.900. The van der Waals surface area contributed by atoms with Gasteiger partial charge in [-0.25, -0.2) is 0 Å². The van der Waals surface area contributed by atoms with Crippen LogP contribution in [-0.2, 0) is 19.1 Å². The van der Waals surface area contributed by atoms with Crippen LogP contribution in [0.3, 0.4) is 0 Å². The lowest BCUT2D eigenvalue weighted by atomic mass is 10.1. The van der Waals surface area contributed by atoms with Gasteiger partial charge in [-0.15, -0.1) is 92.8 Å². The maximum absolute atomic E-state index is 12.1. The zero-order valence-corrected chi connectivity index (χ0v) is 23.7. The Morgan fingerprint density at radius 1 is 0.625 bits per heavy atom. The second kappa shape index (κ2) is 20.5. The van der Waals surface area contributed by atoms with Gasteiger partial charge in [0.2, 0.25) is 0 Å². The van der Waals surface area contributed by atoms with E-state index in [0.717, 1.165) is 12.8 Å². The van der Waals surface area contributed by atoms with Crippen molar-refractivity contribution in [1.29, 1.82) is 0 Å². The monoisotopic (exact) mass is 614 g/mol. The maximum Gasteiger partial charge on any atom is 0.306 e. The highest BCUT2D eigenvalue weighted by molar-refractivity contribution is 6.30. The molecule has 32 heavy (non-hydrogen) atoms. The van der Waals surface area contributed by atoms with Gasteiger partial charge >= 0.3 is 11.9 Å². The highest BCUT2D eigenvalue weighted by Gasteiger charge is 2.24. The second-order valence-electron chi connectivity index (χ2n) is 7.28. The van der Waals surface area contributed by atoms with Crippen LogP contribution in [0.1, 0.15) is 51.4 Å². The zero-order valence-electron chi connectivity index (χ0n) is 17.6. The predicted molar refractivity (Wildman–Crippen MR) is 138 cm³/mol. The number of hydrogen-bond acceptors (Lipinski definition) is 4. The molecule has 0 aromatic heterocycles. The van der Waals surface area contributed by atoms with Crippen molar-refractivity contribution in [2.45, 2.75) is 84.4 Å². The van der Waals surface area contributed by atoms with E-state index < -0.39 is 28.8 Å². The van der Waals surface area contributed by atoms with Crippen LogP contribution in [0.2, 0.25) is 0 Å². The molecule has 0 spiro atoms. The number of carbonyl (C=O) groups is 2. The van der Waals surface area contributed by atoms with Gasteiger partial charge in [-0.1, -0.05) is 6.42 Å². The van der Waals surface area contributed by atoms with Crippen LogP contribution in [0.25, 0.3) is 0 Å². The Hall–Kier alpha value is 1.26. The van der Waals surface area contributed by atoms with Crippen LogP contribution in [0.4, 0.5) is 0 Å². The van der Waals surface area contributed by atoms with Crippen LogP contribution in [0.15, 0.2) is 0 Å². The first-order chi connectivity index (χ1) is 15.1. The minimum atomic E-state index is -0.576. The fourth-order valence-electron chi connectivity index (χ4n) is 2.60. The van der Waals surface area contributed by atoms with Crippen molar-refractivity contribution >= 4 is 105 Å². The minimum absolute atomic E-state index is 0.0534. The summed E-state index contributed by atoms with van der Waals surface area (Å²) in [6.07, 6.45) is 3.09. The Morgan fingerprint density at radius 3 is 1.69 bits per heavy atom. The van der Waals surface area contributed by atoms with Gasteiger partial charge in [0.05, 0.1) is 29.0 Å². The van der Waals surface area contributed by atoms with Crippen LogP contribution >= 0.6 is 92.8 Å². The average molecular weight is 618 g/mol. The third kappa shape index (κ3) is 16.8. The van der Waals surface area contributed by atoms with Gasteiger partial charge in [-0.2, -0.15) is 0 Å². The van der Waals surface area contributed by atoms with E-state index in [9.17, 15) is 9.59 Å². The molecule has 0 aliphatic carbocycles. The average Bonchev–Trinajstić information content (AvgIpc) is 2.79. The summed E-state index contributed by atoms with van der Waals surface area (Å²) < 4.78 is 10.5. The number of hydrogen-bond donors (Lipinski definition) is 0. The van der Waals surface area contributed by atoms with E-state index in [1.54, 1.807) is 0 Å². The van der Waals surface area contributed by atoms with Gasteiger partial charge in [-0.05, 0) is 32.1 Å². The van der Waals surface area contributed by atoms with Crippen molar-refractivity contribution < 1.29 is 19.1 Å². The third-order valence-corrected chi connectivity index (χ3v) is 8.31. The molecule has 0 saturated heterocycles. The first-order valence-electron chi connectivity index (χ1n) is 10.4. The van der Waals surface area contributed by atoms with Gasteiger partial charge < -0.3 is 9.47 Å². The van der Waals surface area contributed by atoms with Crippen LogP contribution in [0.5, 0.6) is 0 Å². The summed E-state index contributed by atoms with van der Waals surface area (Å²) in [7, 11) is 0. The topological polar surface area (TPSA) is 52.6 Å². The van der Waals surface area contributed by atoms with E-state index in [1.165, 1.54) is 0 Å². The van der Waals surface area contributed by atoms with E-state index in [0.29, 0.717) is 37.4 Å². The van der Waals surface area contributed by atoms with Crippen LogP contribution in [-0.4, -0.2) is 69.2 Å². The Morgan fingerprint density at radius 2 is 1.16 bits per heavy atom. The molecule has 0 heterocycles. The van der Waals surface area contributed by atoms with Gasteiger partial charge in [0, 0.05) is 28.4 Å². The smallest absolute Gasteiger partial charge is 0.306 e. The van der Waals surface area contributed by atoms with E-state index in [-0.39, 0.29) is 41.5 Å². The normalized spacial score (nSPS) is 17.1. The van der Waals surface area contributed by atoms with E-state index in [1.807, 2.05) is 0 Å². The summed E-state index contributed by atoms with van der Waals surface area (Å²) in [4.78, 5) is 24.1. The van der Waals surface area contributed by atoms with Crippen molar-refractivity contribution in [3.8, 4) is 0 Å². The summed E-state index contributed by atoms with van der Waals surface area (Å²) in [5, 5.41) is -1.74. The SMILES string of the molecule is O=C(CCC(=O)OC(CCCC(Cl)CCl)C(Cl)CCl)OCC(Cl)C(Cl)CCCC(Cl)CCl. The van der Waals surface area contributed by atoms with Crippen molar-refractivity contribution in [2.75, 3.05) is 24.2 Å². The van der Waals surface area contributed by atoms with E-state index >= 15 is 0 Å². The molecule has 0 radical (unpaired) electrons. The molecule has 6 atom stereocenters. The summed E-state index contributed by atoms with van der Waals surface area (Å²) in [5.74, 6) is -0.296. The Bertz CT molecular complexity index is 514. The molecule has 0 aliphatic heterocycles. The first-order valence-corrected chi connectivity index (χ1v) is 14.2. The molecule has 0 aromatic carbocycles. The zero-order chi connectivity index (χ0) is 24.5. The second-order valence-corrected chi connectivity index (χ2v) is 11.1. The lowest BCUT2D eigenvalue weighted by molar-refractivity contribution is -0.153. The van der Waals surface area contributed by atoms with E-state index in [2.05, 4.69) is 0 Å². The number of halogens is 8. The number of carbonyl (C=O) groups excluding carboxylic acids is 2. The summed E-state index contributed by atoms with van der Waals surface area (Å²) in [6.45, 7) is -0.0534. The molecule has 0 bridgehead atoms. The summed E-state index contributed by atoms with van der Waals surface area (Å²) in [5.41, 5.74) is 0. The van der Waals surface area contributed by atoms with Gasteiger partial charge in [-0.3, -0.25) is 9.59 Å². The quantitative estimate of drug-likeness (QED) is 0.113. The summed E-state index contributed by atoms with van der Waals surface area (Å²) >= 11 is 47.6. The summed E-state index contributed by atoms with van der Waals surface area (Å²) in [6, 6.07) is 0. The van der Waals surface area contributed by atoms with Gasteiger partial charge in [0.1, 0.15) is 12.7 Å². The van der Waals surface area contributed by atoms with Crippen molar-refractivity contribution in [2.24, 2.45) is 0 Å². The maximum atomic E-state index is 12.1. The lowest BCUT2D eigenvalue weighted by Gasteiger charge is -2.21. The molecule has 0 amide bonds. The molecule has 12 heteroatoms. The number of esters is 2. The Balaban J connectivity index is 4.23. The number of ether oxygens (including phenoxy) is 2. The molecule has 190 valence electrons.